The molecule has 2 aromatic rings. The van der Waals surface area contributed by atoms with Crippen LogP contribution in [0.5, 0.6) is 0 Å². The Bertz CT molecular complexity index is 901. The van der Waals surface area contributed by atoms with Crippen LogP contribution in [-0.2, 0) is 16.0 Å². The first kappa shape index (κ1) is 13.3. The predicted octanol–water partition coefficient (Wildman–Crippen LogP) is 2.72. The first-order valence-corrected chi connectivity index (χ1v) is 7.42. The highest BCUT2D eigenvalue weighted by Gasteiger charge is 2.40. The fraction of sp³-hybridized carbons (Fsp3) is 0.211. The minimum absolute atomic E-state index is 0.0665. The molecular formula is C19H16NO2. The SMILES string of the molecule is CC(N)=C1C(=O)[CH]c2ccc3ccc(C)c4c3c2C1C(=O)C4. The van der Waals surface area contributed by atoms with Gasteiger partial charge in [-0.3, -0.25) is 9.59 Å². The number of rotatable bonds is 0. The summed E-state index contributed by atoms with van der Waals surface area (Å²) >= 11 is 0. The fourth-order valence-corrected chi connectivity index (χ4v) is 3.83. The quantitative estimate of drug-likeness (QED) is 0.759. The van der Waals surface area contributed by atoms with Gasteiger partial charge >= 0.3 is 0 Å². The second-order valence-electron chi connectivity index (χ2n) is 6.21. The van der Waals surface area contributed by atoms with Gasteiger partial charge in [-0.05, 0) is 46.9 Å². The fourth-order valence-electron chi connectivity index (χ4n) is 3.83. The number of benzene rings is 2. The highest BCUT2D eigenvalue weighted by molar-refractivity contribution is 6.18. The molecule has 0 saturated carbocycles. The minimum atomic E-state index is -0.504. The number of carbonyl (C=O) groups excluding carboxylic acids is 2. The number of ketones is 2. The molecule has 2 aromatic carbocycles. The molecule has 0 fully saturated rings. The lowest BCUT2D eigenvalue weighted by Crippen LogP contribution is -2.32. The van der Waals surface area contributed by atoms with Gasteiger partial charge in [0.25, 0.3) is 0 Å². The van der Waals surface area contributed by atoms with Crippen molar-refractivity contribution in [3.63, 3.8) is 0 Å². The second kappa shape index (κ2) is 4.29. The summed E-state index contributed by atoms with van der Waals surface area (Å²) < 4.78 is 0. The van der Waals surface area contributed by atoms with E-state index in [0.717, 1.165) is 33.0 Å². The number of hydrogen-bond donors (Lipinski definition) is 1. The smallest absolute Gasteiger partial charge is 0.170 e. The summed E-state index contributed by atoms with van der Waals surface area (Å²) in [7, 11) is 0. The zero-order chi connectivity index (χ0) is 15.6. The molecule has 0 heterocycles. The average Bonchev–Trinajstić information content (AvgIpc) is 2.47. The van der Waals surface area contributed by atoms with E-state index in [-0.39, 0.29) is 11.6 Å². The molecule has 4 rings (SSSR count). The summed E-state index contributed by atoms with van der Waals surface area (Å²) in [6.07, 6.45) is 1.98. The van der Waals surface area contributed by atoms with Gasteiger partial charge in [0.05, 0.1) is 12.3 Å². The summed E-state index contributed by atoms with van der Waals surface area (Å²) in [4.78, 5) is 25.2. The van der Waals surface area contributed by atoms with E-state index < -0.39 is 5.92 Å². The Labute approximate surface area is 128 Å². The normalized spacial score (nSPS) is 22.2. The van der Waals surface area contributed by atoms with Crippen molar-refractivity contribution in [2.45, 2.75) is 26.2 Å². The lowest BCUT2D eigenvalue weighted by atomic mass is 9.68. The van der Waals surface area contributed by atoms with Gasteiger partial charge in [-0.2, -0.15) is 0 Å². The molecule has 109 valence electrons. The Hall–Kier alpha value is -2.42. The van der Waals surface area contributed by atoms with Crippen LogP contribution in [-0.4, -0.2) is 11.6 Å². The zero-order valence-corrected chi connectivity index (χ0v) is 12.6. The standard InChI is InChI=1S/C19H16NO2/c1-9-3-4-11-5-6-12-7-14(21)16(10(2)20)19-15(22)8-13(9)17(11)18(12)19/h3-7,19H,8,20H2,1-2H3. The summed E-state index contributed by atoms with van der Waals surface area (Å²) in [5, 5.41) is 2.25. The molecule has 2 N–H and O–H groups in total. The molecule has 0 saturated heterocycles. The molecule has 0 spiro atoms. The van der Waals surface area contributed by atoms with Gasteiger partial charge in [-0.25, -0.2) is 0 Å². The third-order valence-corrected chi connectivity index (χ3v) is 4.83. The van der Waals surface area contributed by atoms with Crippen molar-refractivity contribution in [3.05, 3.63) is 64.2 Å². The van der Waals surface area contributed by atoms with Gasteiger partial charge in [0, 0.05) is 17.7 Å². The van der Waals surface area contributed by atoms with E-state index >= 15 is 0 Å². The second-order valence-corrected chi connectivity index (χ2v) is 6.21. The Morgan fingerprint density at radius 2 is 1.91 bits per heavy atom. The van der Waals surface area contributed by atoms with Gasteiger partial charge in [0.15, 0.2) is 5.78 Å². The third-order valence-electron chi connectivity index (χ3n) is 4.83. The summed E-state index contributed by atoms with van der Waals surface area (Å²) in [5.74, 6) is -0.575. The van der Waals surface area contributed by atoms with E-state index in [0.29, 0.717) is 17.7 Å². The van der Waals surface area contributed by atoms with Crippen molar-refractivity contribution in [3.8, 4) is 0 Å². The highest BCUT2D eigenvalue weighted by Crippen LogP contribution is 2.45. The molecule has 2 aliphatic carbocycles. The summed E-state index contributed by atoms with van der Waals surface area (Å²) in [6.45, 7) is 3.73. The molecule has 3 nitrogen and oxygen atoms in total. The molecule has 3 heteroatoms. The van der Waals surface area contributed by atoms with E-state index in [1.807, 2.05) is 19.1 Å². The van der Waals surface area contributed by atoms with Gasteiger partial charge < -0.3 is 5.73 Å². The van der Waals surface area contributed by atoms with Crippen molar-refractivity contribution >= 4 is 22.3 Å². The van der Waals surface area contributed by atoms with Crippen molar-refractivity contribution in [1.82, 2.24) is 0 Å². The molecule has 22 heavy (non-hydrogen) atoms. The van der Waals surface area contributed by atoms with Crippen LogP contribution in [0.1, 0.15) is 35.1 Å². The zero-order valence-electron chi connectivity index (χ0n) is 12.6. The molecular weight excluding hydrogens is 274 g/mol. The lowest BCUT2D eigenvalue weighted by Gasteiger charge is -2.33. The Balaban J connectivity index is 2.19. The van der Waals surface area contributed by atoms with Gasteiger partial charge in [-0.15, -0.1) is 0 Å². The predicted molar refractivity (Wildman–Crippen MR) is 85.4 cm³/mol. The molecule has 0 bridgehead atoms. The van der Waals surface area contributed by atoms with Gasteiger partial charge in [-0.1, -0.05) is 24.3 Å². The molecule has 1 atom stereocenters. The van der Waals surface area contributed by atoms with E-state index in [4.69, 9.17) is 5.73 Å². The van der Waals surface area contributed by atoms with Crippen LogP contribution in [0, 0.1) is 13.3 Å². The van der Waals surface area contributed by atoms with Crippen molar-refractivity contribution < 1.29 is 9.59 Å². The van der Waals surface area contributed by atoms with Crippen LogP contribution < -0.4 is 5.73 Å². The van der Waals surface area contributed by atoms with Crippen LogP contribution in [0.15, 0.2) is 35.5 Å². The third kappa shape index (κ3) is 1.56. The lowest BCUT2D eigenvalue weighted by molar-refractivity contribution is -0.121. The molecule has 2 aliphatic rings. The van der Waals surface area contributed by atoms with Gasteiger partial charge in [0.1, 0.15) is 5.78 Å². The number of hydrogen-bond acceptors (Lipinski definition) is 3. The number of aryl methyl sites for hydroxylation is 1. The summed E-state index contributed by atoms with van der Waals surface area (Å²) in [5.41, 5.74) is 10.9. The number of allylic oxidation sites excluding steroid dienone is 2. The number of Topliss-reactive ketones (excluding diaryl/α,β-unsaturated/α-hetero) is 2. The molecule has 0 aliphatic heterocycles. The first-order valence-electron chi connectivity index (χ1n) is 7.42. The van der Waals surface area contributed by atoms with Crippen molar-refractivity contribution in [1.29, 1.82) is 0 Å². The van der Waals surface area contributed by atoms with Crippen LogP contribution in [0.3, 0.4) is 0 Å². The number of nitrogens with two attached hydrogens (primary N) is 1. The Kier molecular flexibility index (Phi) is 2.59. The first-order chi connectivity index (χ1) is 10.5. The molecule has 0 aromatic heterocycles. The average molecular weight is 290 g/mol. The van der Waals surface area contributed by atoms with E-state index in [9.17, 15) is 9.59 Å². The van der Waals surface area contributed by atoms with Crippen LogP contribution in [0.2, 0.25) is 0 Å². The monoisotopic (exact) mass is 290 g/mol. The van der Waals surface area contributed by atoms with Crippen LogP contribution in [0.4, 0.5) is 0 Å². The minimum Gasteiger partial charge on any atom is -0.402 e. The largest absolute Gasteiger partial charge is 0.402 e. The number of carbonyl (C=O) groups is 2. The van der Waals surface area contributed by atoms with Gasteiger partial charge in [0.2, 0.25) is 0 Å². The maximum atomic E-state index is 12.8. The highest BCUT2D eigenvalue weighted by atomic mass is 16.1. The van der Waals surface area contributed by atoms with Crippen LogP contribution >= 0.6 is 0 Å². The van der Waals surface area contributed by atoms with Crippen molar-refractivity contribution in [2.24, 2.45) is 5.73 Å². The Morgan fingerprint density at radius 1 is 1.18 bits per heavy atom. The topological polar surface area (TPSA) is 60.2 Å². The maximum Gasteiger partial charge on any atom is 0.170 e. The maximum absolute atomic E-state index is 12.8. The molecule has 0 amide bonds. The summed E-state index contributed by atoms with van der Waals surface area (Å²) in [6, 6.07) is 8.09. The van der Waals surface area contributed by atoms with E-state index in [1.165, 1.54) is 0 Å². The molecule has 1 unspecified atom stereocenters. The van der Waals surface area contributed by atoms with E-state index in [2.05, 4.69) is 12.1 Å². The Morgan fingerprint density at radius 3 is 2.64 bits per heavy atom. The molecule has 1 radical (unpaired) electrons. The van der Waals surface area contributed by atoms with Crippen molar-refractivity contribution in [2.75, 3.05) is 0 Å². The van der Waals surface area contributed by atoms with Crippen LogP contribution in [0.25, 0.3) is 10.8 Å². The van der Waals surface area contributed by atoms with E-state index in [1.54, 1.807) is 13.3 Å².